The highest BCUT2D eigenvalue weighted by Gasteiger charge is 2.14. The number of hydrogen-bond donors (Lipinski definition) is 2. The molecule has 0 spiro atoms. The predicted molar refractivity (Wildman–Crippen MR) is 97.1 cm³/mol. The summed E-state index contributed by atoms with van der Waals surface area (Å²) in [6, 6.07) is 15.1. The fraction of sp³-hybridized carbons (Fsp3) is 0.167. The Labute approximate surface area is 149 Å². The number of hydrogen-bond acceptors (Lipinski definition) is 5. The molecule has 128 valence electrons. The van der Waals surface area contributed by atoms with Crippen molar-refractivity contribution in [3.8, 4) is 0 Å². The van der Waals surface area contributed by atoms with E-state index in [2.05, 4.69) is 10.2 Å². The summed E-state index contributed by atoms with van der Waals surface area (Å²) in [6.45, 7) is 2.04. The van der Waals surface area contributed by atoms with Gasteiger partial charge in [-0.2, -0.15) is 0 Å². The van der Waals surface area contributed by atoms with E-state index in [0.717, 1.165) is 11.1 Å². The average molecular weight is 354 g/mol. The van der Waals surface area contributed by atoms with Crippen LogP contribution in [-0.4, -0.2) is 25.9 Å². The number of aromatic carboxylic acids is 1. The maximum atomic E-state index is 11.3. The molecule has 0 saturated carbocycles. The summed E-state index contributed by atoms with van der Waals surface area (Å²) in [5, 5.41) is 18.1. The standard InChI is InChI=1S/C18H18N4O2S/c1-12-6-8-13(9-7-12)10-16-20-21-18(22(16)19)25-11-14-4-2-3-5-15(14)17(23)24/h2-9H,10-11,19H2,1H3,(H,23,24). The van der Waals surface area contributed by atoms with E-state index in [4.69, 9.17) is 5.84 Å². The van der Waals surface area contributed by atoms with Crippen LogP contribution in [0.15, 0.2) is 53.7 Å². The SMILES string of the molecule is Cc1ccc(Cc2nnc(SCc3ccccc3C(=O)O)n2N)cc1. The van der Waals surface area contributed by atoms with Crippen molar-refractivity contribution in [3.63, 3.8) is 0 Å². The van der Waals surface area contributed by atoms with Gasteiger partial charge in [0.05, 0.1) is 5.56 Å². The first-order chi connectivity index (χ1) is 12.0. The van der Waals surface area contributed by atoms with Crippen molar-refractivity contribution >= 4 is 17.7 Å². The summed E-state index contributed by atoms with van der Waals surface area (Å²) in [6.07, 6.45) is 0.593. The minimum Gasteiger partial charge on any atom is -0.478 e. The Morgan fingerprint density at radius 1 is 1.16 bits per heavy atom. The van der Waals surface area contributed by atoms with Crippen molar-refractivity contribution < 1.29 is 9.90 Å². The number of nitrogens with two attached hydrogens (primary N) is 1. The summed E-state index contributed by atoms with van der Waals surface area (Å²) in [7, 11) is 0. The number of aryl methyl sites for hydroxylation is 1. The van der Waals surface area contributed by atoms with Gasteiger partial charge >= 0.3 is 5.97 Å². The molecule has 0 saturated heterocycles. The number of benzene rings is 2. The summed E-state index contributed by atoms with van der Waals surface area (Å²) in [5.41, 5.74) is 3.32. The van der Waals surface area contributed by atoms with Gasteiger partial charge in [-0.3, -0.25) is 0 Å². The molecule has 3 aromatic rings. The molecule has 0 fully saturated rings. The number of carbonyl (C=O) groups is 1. The molecule has 6 nitrogen and oxygen atoms in total. The summed E-state index contributed by atoms with van der Waals surface area (Å²) in [5.74, 6) is 6.28. The zero-order valence-electron chi connectivity index (χ0n) is 13.7. The van der Waals surface area contributed by atoms with Crippen molar-refractivity contribution in [2.75, 3.05) is 5.84 Å². The Kier molecular flexibility index (Phi) is 5.04. The van der Waals surface area contributed by atoms with Crippen LogP contribution in [0.25, 0.3) is 0 Å². The lowest BCUT2D eigenvalue weighted by Crippen LogP contribution is -2.14. The lowest BCUT2D eigenvalue weighted by Gasteiger charge is -2.06. The number of nitrogens with zero attached hydrogens (tertiary/aromatic N) is 3. The molecule has 0 bridgehead atoms. The van der Waals surface area contributed by atoms with Crippen LogP contribution in [-0.2, 0) is 12.2 Å². The van der Waals surface area contributed by atoms with Crippen molar-refractivity contribution in [1.29, 1.82) is 0 Å². The minimum absolute atomic E-state index is 0.290. The average Bonchev–Trinajstić information content (AvgIpc) is 2.95. The fourth-order valence-corrected chi connectivity index (χ4v) is 3.29. The van der Waals surface area contributed by atoms with Crippen molar-refractivity contribution in [2.45, 2.75) is 24.3 Å². The maximum absolute atomic E-state index is 11.3. The van der Waals surface area contributed by atoms with Gasteiger partial charge in [0, 0.05) is 12.2 Å². The number of nitrogen functional groups attached to an aromatic ring is 1. The van der Waals surface area contributed by atoms with Crippen LogP contribution in [0.2, 0.25) is 0 Å². The number of rotatable bonds is 6. The predicted octanol–water partition coefficient (Wildman–Crippen LogP) is 2.88. The fourth-order valence-electron chi connectivity index (χ4n) is 2.41. The number of thioether (sulfide) groups is 1. The van der Waals surface area contributed by atoms with Crippen LogP contribution in [0, 0.1) is 6.92 Å². The smallest absolute Gasteiger partial charge is 0.335 e. The summed E-state index contributed by atoms with van der Waals surface area (Å²) < 4.78 is 1.47. The van der Waals surface area contributed by atoms with Crippen LogP contribution in [0.1, 0.15) is 32.9 Å². The van der Waals surface area contributed by atoms with Gasteiger partial charge in [-0.25, -0.2) is 9.47 Å². The molecule has 3 rings (SSSR count). The number of carboxylic acids is 1. The Hall–Kier alpha value is -2.80. The molecular formula is C18H18N4O2S. The van der Waals surface area contributed by atoms with Crippen molar-refractivity contribution in [2.24, 2.45) is 0 Å². The van der Waals surface area contributed by atoms with Crippen LogP contribution in [0.4, 0.5) is 0 Å². The van der Waals surface area contributed by atoms with E-state index in [-0.39, 0.29) is 5.56 Å². The molecular weight excluding hydrogens is 336 g/mol. The summed E-state index contributed by atoms with van der Waals surface area (Å²) >= 11 is 1.37. The Bertz CT molecular complexity index is 890. The molecule has 2 aromatic carbocycles. The minimum atomic E-state index is -0.939. The zero-order chi connectivity index (χ0) is 17.8. The zero-order valence-corrected chi connectivity index (χ0v) is 14.5. The van der Waals surface area contributed by atoms with Gasteiger partial charge in [0.2, 0.25) is 5.16 Å². The maximum Gasteiger partial charge on any atom is 0.335 e. The normalized spacial score (nSPS) is 10.8. The molecule has 3 N–H and O–H groups in total. The lowest BCUT2D eigenvalue weighted by atomic mass is 10.1. The Morgan fingerprint density at radius 3 is 2.60 bits per heavy atom. The van der Waals surface area contributed by atoms with Gasteiger partial charge in [0.25, 0.3) is 0 Å². The van der Waals surface area contributed by atoms with E-state index in [1.54, 1.807) is 18.2 Å². The van der Waals surface area contributed by atoms with Gasteiger partial charge in [-0.05, 0) is 24.1 Å². The van der Waals surface area contributed by atoms with Crippen LogP contribution >= 0.6 is 11.8 Å². The summed E-state index contributed by atoms with van der Waals surface area (Å²) in [4.78, 5) is 11.3. The second-order valence-corrected chi connectivity index (χ2v) is 6.62. The van der Waals surface area contributed by atoms with Crippen LogP contribution < -0.4 is 5.84 Å². The second-order valence-electron chi connectivity index (χ2n) is 5.68. The molecule has 0 amide bonds. The van der Waals surface area contributed by atoms with Crippen LogP contribution in [0.5, 0.6) is 0 Å². The quantitative estimate of drug-likeness (QED) is 0.522. The topological polar surface area (TPSA) is 94.0 Å². The molecule has 0 unspecified atom stereocenters. The Morgan fingerprint density at radius 2 is 1.88 bits per heavy atom. The monoisotopic (exact) mass is 354 g/mol. The molecule has 0 aliphatic carbocycles. The van der Waals surface area contributed by atoms with E-state index in [1.165, 1.54) is 22.0 Å². The molecule has 25 heavy (non-hydrogen) atoms. The first-order valence-electron chi connectivity index (χ1n) is 7.73. The van der Waals surface area contributed by atoms with Gasteiger partial charge in [0.1, 0.15) is 0 Å². The number of aromatic nitrogens is 3. The molecule has 1 aromatic heterocycles. The second kappa shape index (κ2) is 7.40. The van der Waals surface area contributed by atoms with E-state index in [1.807, 2.05) is 37.3 Å². The third kappa shape index (κ3) is 4.00. The third-order valence-corrected chi connectivity index (χ3v) is 4.81. The van der Waals surface area contributed by atoms with Crippen molar-refractivity contribution in [1.82, 2.24) is 14.9 Å². The van der Waals surface area contributed by atoms with Crippen LogP contribution in [0.3, 0.4) is 0 Å². The highest BCUT2D eigenvalue weighted by atomic mass is 32.2. The van der Waals surface area contributed by atoms with E-state index in [9.17, 15) is 9.90 Å². The molecule has 1 heterocycles. The van der Waals surface area contributed by atoms with E-state index < -0.39 is 5.97 Å². The highest BCUT2D eigenvalue weighted by Crippen LogP contribution is 2.23. The Balaban J connectivity index is 1.71. The third-order valence-electron chi connectivity index (χ3n) is 3.82. The molecule has 0 radical (unpaired) electrons. The van der Waals surface area contributed by atoms with Gasteiger partial charge in [-0.1, -0.05) is 59.8 Å². The van der Waals surface area contributed by atoms with Crippen molar-refractivity contribution in [3.05, 3.63) is 76.6 Å². The molecule has 0 atom stereocenters. The number of carboxylic acid groups (broad SMARTS) is 1. The largest absolute Gasteiger partial charge is 0.478 e. The highest BCUT2D eigenvalue weighted by molar-refractivity contribution is 7.98. The van der Waals surface area contributed by atoms with Gasteiger partial charge < -0.3 is 10.9 Å². The first-order valence-corrected chi connectivity index (χ1v) is 8.72. The van der Waals surface area contributed by atoms with E-state index in [0.29, 0.717) is 23.2 Å². The first kappa shape index (κ1) is 17.0. The molecule has 0 aliphatic heterocycles. The molecule has 7 heteroatoms. The van der Waals surface area contributed by atoms with Gasteiger partial charge in [0.15, 0.2) is 5.82 Å². The lowest BCUT2D eigenvalue weighted by molar-refractivity contribution is 0.0696. The van der Waals surface area contributed by atoms with Gasteiger partial charge in [-0.15, -0.1) is 10.2 Å². The van der Waals surface area contributed by atoms with E-state index >= 15 is 0 Å². The molecule has 0 aliphatic rings.